The number of nitrogens with one attached hydrogen (secondary N) is 1. The minimum atomic E-state index is -4.53. The van der Waals surface area contributed by atoms with Crippen LogP contribution >= 0.6 is 0 Å². The summed E-state index contributed by atoms with van der Waals surface area (Å²) in [6, 6.07) is 2.55. The van der Waals surface area contributed by atoms with Gasteiger partial charge in [-0.1, -0.05) is 5.92 Å². The van der Waals surface area contributed by atoms with E-state index in [2.05, 4.69) is 21.2 Å². The standard InChI is InChI=1S/C14H11F4N3O/c1-3-10(6-19-9(2)14(16,17)18)7-20-12-5-4-11(8-22)13(15)21-12/h1,4-6,8H,7H2,2H3,(H,20,21)/b10-6+,19-9?. The molecule has 116 valence electrons. The summed E-state index contributed by atoms with van der Waals surface area (Å²) in [6.45, 7) is 0.741. The molecule has 0 saturated heterocycles. The number of terminal acetylenes is 1. The molecule has 0 aliphatic heterocycles. The van der Waals surface area contributed by atoms with E-state index in [1.54, 1.807) is 0 Å². The summed E-state index contributed by atoms with van der Waals surface area (Å²) >= 11 is 0. The van der Waals surface area contributed by atoms with Gasteiger partial charge in [-0.2, -0.15) is 17.6 Å². The number of pyridine rings is 1. The highest BCUT2D eigenvalue weighted by Gasteiger charge is 2.31. The lowest BCUT2D eigenvalue weighted by molar-refractivity contribution is -0.0591. The zero-order valence-electron chi connectivity index (χ0n) is 11.4. The Morgan fingerprint density at radius 3 is 2.68 bits per heavy atom. The molecular formula is C14H11F4N3O. The lowest BCUT2D eigenvalue weighted by Gasteiger charge is -2.06. The molecular weight excluding hydrogens is 302 g/mol. The Morgan fingerprint density at radius 1 is 1.50 bits per heavy atom. The van der Waals surface area contributed by atoms with Crippen LogP contribution in [0.25, 0.3) is 0 Å². The molecule has 1 heterocycles. The summed E-state index contributed by atoms with van der Waals surface area (Å²) in [5.74, 6) is 1.29. The van der Waals surface area contributed by atoms with Gasteiger partial charge >= 0.3 is 6.18 Å². The zero-order chi connectivity index (χ0) is 16.8. The van der Waals surface area contributed by atoms with E-state index in [1.165, 1.54) is 12.1 Å². The maximum absolute atomic E-state index is 13.3. The number of carbonyl (C=O) groups excluding carboxylic acids is 1. The Morgan fingerprint density at radius 2 is 2.18 bits per heavy atom. The highest BCUT2D eigenvalue weighted by molar-refractivity contribution is 5.87. The minimum Gasteiger partial charge on any atom is -0.365 e. The highest BCUT2D eigenvalue weighted by atomic mass is 19.4. The largest absolute Gasteiger partial charge is 0.429 e. The van der Waals surface area contributed by atoms with Gasteiger partial charge in [0.15, 0.2) is 6.29 Å². The number of aldehydes is 1. The maximum atomic E-state index is 13.3. The molecule has 8 heteroatoms. The van der Waals surface area contributed by atoms with Crippen LogP contribution in [0.15, 0.2) is 28.9 Å². The van der Waals surface area contributed by atoms with Gasteiger partial charge < -0.3 is 5.32 Å². The van der Waals surface area contributed by atoms with Crippen LogP contribution in [-0.2, 0) is 0 Å². The second-order valence-corrected chi connectivity index (χ2v) is 4.06. The van der Waals surface area contributed by atoms with E-state index in [-0.39, 0.29) is 23.5 Å². The SMILES string of the molecule is C#C/C(=C\N=C(C)C(F)(F)F)CNc1ccc(C=O)c(F)n1. The molecule has 1 aromatic heterocycles. The van der Waals surface area contributed by atoms with Crippen molar-refractivity contribution in [3.05, 3.63) is 35.4 Å². The van der Waals surface area contributed by atoms with Crippen molar-refractivity contribution in [1.82, 2.24) is 4.98 Å². The first-order chi connectivity index (χ1) is 10.3. The van der Waals surface area contributed by atoms with Gasteiger partial charge in [-0.3, -0.25) is 9.79 Å². The number of aliphatic imine (C=N–C) groups is 1. The second kappa shape index (κ2) is 7.36. The molecule has 1 rings (SSSR count). The van der Waals surface area contributed by atoms with Crippen molar-refractivity contribution in [2.24, 2.45) is 4.99 Å². The van der Waals surface area contributed by atoms with Gasteiger partial charge in [0, 0.05) is 11.8 Å². The predicted molar refractivity (Wildman–Crippen MR) is 74.2 cm³/mol. The van der Waals surface area contributed by atoms with Crippen LogP contribution in [0, 0.1) is 18.3 Å². The first-order valence-corrected chi connectivity index (χ1v) is 5.90. The normalized spacial score (nSPS) is 12.7. The molecule has 0 amide bonds. The Balaban J connectivity index is 2.78. The van der Waals surface area contributed by atoms with Crippen LogP contribution in [0.4, 0.5) is 23.4 Å². The number of anilines is 1. The highest BCUT2D eigenvalue weighted by Crippen LogP contribution is 2.17. The van der Waals surface area contributed by atoms with E-state index in [0.29, 0.717) is 6.29 Å². The fourth-order valence-corrected chi connectivity index (χ4v) is 1.20. The Bertz CT molecular complexity index is 657. The van der Waals surface area contributed by atoms with Gasteiger partial charge in [0.2, 0.25) is 5.95 Å². The van der Waals surface area contributed by atoms with Crippen molar-refractivity contribution in [3.8, 4) is 12.3 Å². The first kappa shape index (κ1) is 17.4. The van der Waals surface area contributed by atoms with Gasteiger partial charge in [-0.05, 0) is 19.1 Å². The van der Waals surface area contributed by atoms with E-state index in [1.807, 2.05) is 0 Å². The smallest absolute Gasteiger partial charge is 0.365 e. The summed E-state index contributed by atoms with van der Waals surface area (Å²) in [6.07, 6.45) is 1.84. The van der Waals surface area contributed by atoms with Crippen molar-refractivity contribution < 1.29 is 22.4 Å². The van der Waals surface area contributed by atoms with E-state index >= 15 is 0 Å². The number of alkyl halides is 3. The molecule has 0 aliphatic carbocycles. The Labute approximate surface area is 124 Å². The molecule has 0 aliphatic rings. The van der Waals surface area contributed by atoms with E-state index < -0.39 is 17.8 Å². The number of hydrogen-bond acceptors (Lipinski definition) is 4. The summed E-state index contributed by atoms with van der Waals surface area (Å²) in [7, 11) is 0. The molecule has 0 saturated carbocycles. The third-order valence-electron chi connectivity index (χ3n) is 2.47. The second-order valence-electron chi connectivity index (χ2n) is 4.06. The van der Waals surface area contributed by atoms with E-state index in [4.69, 9.17) is 6.42 Å². The molecule has 0 radical (unpaired) electrons. The van der Waals surface area contributed by atoms with Crippen molar-refractivity contribution in [2.45, 2.75) is 13.1 Å². The van der Waals surface area contributed by atoms with Crippen LogP contribution in [0.1, 0.15) is 17.3 Å². The number of hydrogen-bond donors (Lipinski definition) is 1. The number of aromatic nitrogens is 1. The Kier molecular flexibility index (Phi) is 5.81. The van der Waals surface area contributed by atoms with Crippen LogP contribution in [0.5, 0.6) is 0 Å². The summed E-state index contributed by atoms with van der Waals surface area (Å²) < 4.78 is 50.0. The van der Waals surface area contributed by atoms with Gasteiger partial charge in [-0.25, -0.2) is 4.98 Å². The molecule has 0 fully saturated rings. The molecule has 1 aromatic rings. The molecule has 0 aromatic carbocycles. The van der Waals surface area contributed by atoms with Crippen molar-refractivity contribution in [3.63, 3.8) is 0 Å². The van der Waals surface area contributed by atoms with Crippen LogP contribution in [0.3, 0.4) is 0 Å². The van der Waals surface area contributed by atoms with Crippen LogP contribution in [0.2, 0.25) is 0 Å². The number of halogens is 4. The predicted octanol–water partition coefficient (Wildman–Crippen LogP) is 2.99. The van der Waals surface area contributed by atoms with Gasteiger partial charge in [0.05, 0.1) is 12.1 Å². The third kappa shape index (κ3) is 5.01. The molecule has 0 unspecified atom stereocenters. The first-order valence-electron chi connectivity index (χ1n) is 5.90. The fourth-order valence-electron chi connectivity index (χ4n) is 1.20. The maximum Gasteiger partial charge on any atom is 0.429 e. The quantitative estimate of drug-likeness (QED) is 0.299. The lowest BCUT2D eigenvalue weighted by Crippen LogP contribution is -2.19. The third-order valence-corrected chi connectivity index (χ3v) is 2.47. The number of carbonyl (C=O) groups is 1. The number of nitrogens with zero attached hydrogens (tertiary/aromatic N) is 2. The lowest BCUT2D eigenvalue weighted by atomic mass is 10.3. The van der Waals surface area contributed by atoms with E-state index in [0.717, 1.165) is 13.1 Å². The number of rotatable bonds is 5. The molecule has 0 atom stereocenters. The average molecular weight is 313 g/mol. The van der Waals surface area contributed by atoms with Crippen molar-refractivity contribution in [1.29, 1.82) is 0 Å². The van der Waals surface area contributed by atoms with Gasteiger partial charge in [0.1, 0.15) is 11.5 Å². The average Bonchev–Trinajstić information content (AvgIpc) is 2.46. The molecule has 0 spiro atoms. The summed E-state index contributed by atoms with van der Waals surface area (Å²) in [5, 5.41) is 2.62. The minimum absolute atomic E-state index is 0.0714. The molecule has 22 heavy (non-hydrogen) atoms. The van der Waals surface area contributed by atoms with Gasteiger partial charge in [-0.15, -0.1) is 6.42 Å². The topological polar surface area (TPSA) is 54.4 Å². The zero-order valence-corrected chi connectivity index (χ0v) is 11.4. The van der Waals surface area contributed by atoms with Crippen molar-refractivity contribution >= 4 is 17.8 Å². The molecule has 4 nitrogen and oxygen atoms in total. The van der Waals surface area contributed by atoms with Crippen LogP contribution < -0.4 is 5.32 Å². The van der Waals surface area contributed by atoms with E-state index in [9.17, 15) is 22.4 Å². The molecule has 0 bridgehead atoms. The molecule has 1 N–H and O–H groups in total. The van der Waals surface area contributed by atoms with Crippen LogP contribution in [-0.4, -0.2) is 29.7 Å². The fraction of sp³-hybridized carbons (Fsp3) is 0.214. The van der Waals surface area contributed by atoms with Gasteiger partial charge in [0.25, 0.3) is 0 Å². The monoisotopic (exact) mass is 313 g/mol. The Hall–Kier alpha value is -2.69. The summed E-state index contributed by atoms with van der Waals surface area (Å²) in [5.41, 5.74) is -1.13. The summed E-state index contributed by atoms with van der Waals surface area (Å²) in [4.78, 5) is 17.1. The van der Waals surface area contributed by atoms with Crippen molar-refractivity contribution in [2.75, 3.05) is 11.9 Å².